The molecular weight excluding hydrogens is 377 g/mol. The largest absolute Gasteiger partial charge is 0.490 e. The molecule has 0 spiro atoms. The van der Waals surface area contributed by atoms with Gasteiger partial charge >= 0.3 is 5.97 Å². The molecule has 0 aromatic heterocycles. The van der Waals surface area contributed by atoms with E-state index in [2.05, 4.69) is 0 Å². The van der Waals surface area contributed by atoms with E-state index in [1.807, 2.05) is 0 Å². The first-order valence-electron chi connectivity index (χ1n) is 9.14. The highest BCUT2D eigenvalue weighted by atomic mass is 32.2. The van der Waals surface area contributed by atoms with Crippen molar-refractivity contribution in [2.45, 2.75) is 42.7 Å². The van der Waals surface area contributed by atoms with Crippen LogP contribution in [-0.4, -0.2) is 55.7 Å². The number of fused-ring (bicyclic) bond motifs is 2. The lowest BCUT2D eigenvalue weighted by molar-refractivity contribution is -0.142. The van der Waals surface area contributed by atoms with Crippen LogP contribution < -0.4 is 4.74 Å². The first-order chi connectivity index (χ1) is 12.9. The standard InChI is InChI=1S/C18H22FNO6S/c19-15-8-13(2-4-17(15)26-10-11-5-6-25-9-11)27(23,24)20-12-1-3-16(20)14(7-12)18(21)22/h2,4,8,11-12,14,16H,1,3,5-7,9-10H2,(H,21,22). The Morgan fingerprint density at radius 2 is 2.15 bits per heavy atom. The number of carboxylic acid groups (broad SMARTS) is 1. The Balaban J connectivity index is 1.52. The molecule has 4 unspecified atom stereocenters. The Hall–Kier alpha value is -1.71. The van der Waals surface area contributed by atoms with Gasteiger partial charge in [-0.05, 0) is 43.9 Å². The highest BCUT2D eigenvalue weighted by Gasteiger charge is 2.54. The third-order valence-corrected chi connectivity index (χ3v) is 7.74. The fraction of sp³-hybridized carbons (Fsp3) is 0.611. The van der Waals surface area contributed by atoms with E-state index in [0.717, 1.165) is 12.5 Å². The Bertz CT molecular complexity index is 838. The molecule has 1 N–H and O–H groups in total. The number of aliphatic carboxylic acids is 1. The van der Waals surface area contributed by atoms with E-state index < -0.39 is 33.8 Å². The van der Waals surface area contributed by atoms with E-state index in [9.17, 15) is 22.7 Å². The molecule has 3 fully saturated rings. The van der Waals surface area contributed by atoms with E-state index in [1.54, 1.807) is 0 Å². The Kier molecular flexibility index (Phi) is 4.85. The summed E-state index contributed by atoms with van der Waals surface area (Å²) in [6, 6.07) is 2.72. The van der Waals surface area contributed by atoms with Crippen LogP contribution in [0.15, 0.2) is 23.1 Å². The van der Waals surface area contributed by atoms with E-state index in [-0.39, 0.29) is 22.6 Å². The number of benzene rings is 1. The maximum absolute atomic E-state index is 14.4. The number of nitrogens with zero attached hydrogens (tertiary/aromatic N) is 1. The van der Waals surface area contributed by atoms with Crippen LogP contribution in [0.1, 0.15) is 25.7 Å². The summed E-state index contributed by atoms with van der Waals surface area (Å²) in [7, 11) is -3.96. The molecule has 4 rings (SSSR count). The third kappa shape index (κ3) is 3.32. The van der Waals surface area contributed by atoms with E-state index in [4.69, 9.17) is 9.47 Å². The number of hydrogen-bond donors (Lipinski definition) is 1. The average Bonchev–Trinajstić information content (AvgIpc) is 3.36. The number of rotatable bonds is 6. The first kappa shape index (κ1) is 18.6. The maximum atomic E-state index is 14.4. The molecule has 7 nitrogen and oxygen atoms in total. The number of hydrogen-bond acceptors (Lipinski definition) is 5. The highest BCUT2D eigenvalue weighted by molar-refractivity contribution is 7.89. The molecule has 148 valence electrons. The second-order valence-electron chi connectivity index (χ2n) is 7.45. The first-order valence-corrected chi connectivity index (χ1v) is 10.6. The van der Waals surface area contributed by atoms with Crippen LogP contribution in [0.2, 0.25) is 0 Å². The quantitative estimate of drug-likeness (QED) is 0.785. The predicted octanol–water partition coefficient (Wildman–Crippen LogP) is 1.87. The Morgan fingerprint density at radius 1 is 1.33 bits per heavy atom. The predicted molar refractivity (Wildman–Crippen MR) is 92.4 cm³/mol. The van der Waals surface area contributed by atoms with Crippen molar-refractivity contribution in [3.8, 4) is 5.75 Å². The fourth-order valence-electron chi connectivity index (χ4n) is 4.38. The molecule has 27 heavy (non-hydrogen) atoms. The van der Waals surface area contributed by atoms with Gasteiger partial charge in [0.05, 0.1) is 24.0 Å². The van der Waals surface area contributed by atoms with Gasteiger partial charge in [-0.3, -0.25) is 4.79 Å². The summed E-state index contributed by atoms with van der Waals surface area (Å²) < 4.78 is 52.4. The molecule has 1 aromatic rings. The Morgan fingerprint density at radius 3 is 2.78 bits per heavy atom. The monoisotopic (exact) mass is 399 g/mol. The van der Waals surface area contributed by atoms with Crippen LogP contribution >= 0.6 is 0 Å². The fourth-order valence-corrected chi connectivity index (χ4v) is 6.31. The van der Waals surface area contributed by atoms with Crippen LogP contribution in [0.25, 0.3) is 0 Å². The van der Waals surface area contributed by atoms with Crippen molar-refractivity contribution in [2.75, 3.05) is 19.8 Å². The zero-order valence-electron chi connectivity index (χ0n) is 14.7. The second-order valence-corrected chi connectivity index (χ2v) is 9.29. The minimum absolute atomic E-state index is 0.00802. The molecule has 3 aliphatic heterocycles. The van der Waals surface area contributed by atoms with Crippen molar-refractivity contribution in [3.05, 3.63) is 24.0 Å². The van der Waals surface area contributed by atoms with Crippen molar-refractivity contribution in [1.82, 2.24) is 4.31 Å². The van der Waals surface area contributed by atoms with Crippen molar-refractivity contribution >= 4 is 16.0 Å². The topological polar surface area (TPSA) is 93.1 Å². The van der Waals surface area contributed by atoms with E-state index in [1.165, 1.54) is 16.4 Å². The molecule has 3 heterocycles. The minimum atomic E-state index is -3.96. The third-order valence-electron chi connectivity index (χ3n) is 5.77. The van der Waals surface area contributed by atoms with E-state index >= 15 is 0 Å². The Labute approximate surface area is 157 Å². The molecule has 2 bridgehead atoms. The zero-order valence-corrected chi connectivity index (χ0v) is 15.5. The molecule has 0 amide bonds. The summed E-state index contributed by atoms with van der Waals surface area (Å²) >= 11 is 0. The summed E-state index contributed by atoms with van der Waals surface area (Å²) in [5.74, 6) is -2.20. The summed E-state index contributed by atoms with van der Waals surface area (Å²) in [6.07, 6.45) is 2.33. The number of carboxylic acids is 1. The van der Waals surface area contributed by atoms with Gasteiger partial charge in [-0.2, -0.15) is 4.31 Å². The van der Waals surface area contributed by atoms with Gasteiger partial charge in [-0.1, -0.05) is 0 Å². The van der Waals surface area contributed by atoms with Crippen molar-refractivity contribution < 1.29 is 32.2 Å². The smallest absolute Gasteiger partial charge is 0.308 e. The molecule has 0 radical (unpaired) electrons. The number of halogens is 1. The van der Waals surface area contributed by atoms with Gasteiger partial charge in [0, 0.05) is 24.6 Å². The van der Waals surface area contributed by atoms with Gasteiger partial charge in [0.25, 0.3) is 0 Å². The second kappa shape index (κ2) is 7.03. The molecule has 4 atom stereocenters. The van der Waals surface area contributed by atoms with Crippen molar-refractivity contribution in [1.29, 1.82) is 0 Å². The SMILES string of the molecule is O=C(O)C1CC2CCC1N2S(=O)(=O)c1ccc(OCC2CCOC2)c(F)c1. The molecule has 0 saturated carbocycles. The van der Waals surface area contributed by atoms with Crippen LogP contribution in [0.5, 0.6) is 5.75 Å². The molecule has 3 aliphatic rings. The lowest BCUT2D eigenvalue weighted by Gasteiger charge is -2.22. The highest BCUT2D eigenvalue weighted by Crippen LogP contribution is 2.45. The molecule has 1 aromatic carbocycles. The lowest BCUT2D eigenvalue weighted by Crippen LogP contribution is -2.37. The average molecular weight is 399 g/mol. The number of carbonyl (C=O) groups is 1. The summed E-state index contributed by atoms with van der Waals surface area (Å²) in [5, 5.41) is 9.31. The van der Waals surface area contributed by atoms with Crippen LogP contribution in [0, 0.1) is 17.7 Å². The maximum Gasteiger partial charge on any atom is 0.308 e. The minimum Gasteiger partial charge on any atom is -0.490 e. The van der Waals surface area contributed by atoms with Crippen molar-refractivity contribution in [2.24, 2.45) is 11.8 Å². The van der Waals surface area contributed by atoms with Crippen LogP contribution in [0.3, 0.4) is 0 Å². The summed E-state index contributed by atoms with van der Waals surface area (Å²) in [6.45, 7) is 1.57. The number of sulfonamides is 1. The van der Waals surface area contributed by atoms with Crippen molar-refractivity contribution in [3.63, 3.8) is 0 Å². The molecule has 0 aliphatic carbocycles. The normalized spacial score (nSPS) is 30.7. The van der Waals surface area contributed by atoms with Gasteiger partial charge in [-0.15, -0.1) is 0 Å². The van der Waals surface area contributed by atoms with Crippen LogP contribution in [0.4, 0.5) is 4.39 Å². The summed E-state index contributed by atoms with van der Waals surface area (Å²) in [5.41, 5.74) is 0. The summed E-state index contributed by atoms with van der Waals surface area (Å²) in [4.78, 5) is 11.2. The van der Waals surface area contributed by atoms with E-state index in [0.29, 0.717) is 39.1 Å². The van der Waals surface area contributed by atoms with Crippen LogP contribution in [-0.2, 0) is 19.6 Å². The molecule has 9 heteroatoms. The number of ether oxygens (including phenoxy) is 2. The lowest BCUT2D eigenvalue weighted by atomic mass is 9.89. The molecular formula is C18H22FNO6S. The van der Waals surface area contributed by atoms with Gasteiger partial charge in [0.2, 0.25) is 10.0 Å². The van der Waals surface area contributed by atoms with Gasteiger partial charge < -0.3 is 14.6 Å². The molecule has 3 saturated heterocycles. The van der Waals surface area contributed by atoms with Gasteiger partial charge in [0.15, 0.2) is 11.6 Å². The van der Waals surface area contributed by atoms with Gasteiger partial charge in [0.1, 0.15) is 0 Å². The van der Waals surface area contributed by atoms with Gasteiger partial charge in [-0.25, -0.2) is 12.8 Å². The zero-order chi connectivity index (χ0) is 19.2.